The van der Waals surface area contributed by atoms with E-state index in [1.165, 1.54) is 0 Å². The molecule has 2 fully saturated rings. The zero-order valence-corrected chi connectivity index (χ0v) is 14.5. The van der Waals surface area contributed by atoms with Crippen LogP contribution in [0, 0.1) is 11.8 Å². The Morgan fingerprint density at radius 1 is 1.20 bits per heavy atom. The first-order chi connectivity index (χ1) is 12.2. The van der Waals surface area contributed by atoms with Gasteiger partial charge in [-0.05, 0) is 43.6 Å². The lowest BCUT2D eigenvalue weighted by Crippen LogP contribution is -2.48. The molecule has 2 amide bonds. The lowest BCUT2D eigenvalue weighted by atomic mass is 10.0. The molecule has 1 saturated carbocycles. The maximum atomic E-state index is 12.8. The van der Waals surface area contributed by atoms with Crippen LogP contribution in [0.3, 0.4) is 0 Å². The Bertz CT molecular complexity index is 634. The van der Waals surface area contributed by atoms with E-state index >= 15 is 0 Å². The summed E-state index contributed by atoms with van der Waals surface area (Å²) in [6.45, 7) is 3.19. The van der Waals surface area contributed by atoms with Gasteiger partial charge in [0, 0.05) is 32.4 Å². The Kier molecular flexibility index (Phi) is 4.74. The van der Waals surface area contributed by atoms with Crippen molar-refractivity contribution in [1.29, 1.82) is 0 Å². The number of hydrogen-bond acceptors (Lipinski definition) is 4. The Labute approximate surface area is 147 Å². The summed E-state index contributed by atoms with van der Waals surface area (Å²) >= 11 is 0. The lowest BCUT2D eigenvalue weighted by Gasteiger charge is -2.33. The van der Waals surface area contributed by atoms with Crippen LogP contribution in [-0.4, -0.2) is 52.8 Å². The summed E-state index contributed by atoms with van der Waals surface area (Å²) in [5.41, 5.74) is 0.932. The Balaban J connectivity index is 1.40. The first-order valence-electron chi connectivity index (χ1n) is 9.36. The van der Waals surface area contributed by atoms with E-state index in [0.717, 1.165) is 44.6 Å². The second kappa shape index (κ2) is 7.15. The molecule has 25 heavy (non-hydrogen) atoms. The van der Waals surface area contributed by atoms with Crippen LogP contribution >= 0.6 is 0 Å². The number of aromatic nitrogens is 2. The fourth-order valence-corrected chi connectivity index (χ4v) is 3.69. The molecule has 2 aliphatic heterocycles. The predicted octanol–water partition coefficient (Wildman–Crippen LogP) is 1.11. The van der Waals surface area contributed by atoms with Crippen LogP contribution in [0.25, 0.3) is 0 Å². The van der Waals surface area contributed by atoms with Crippen LogP contribution in [-0.2, 0) is 20.9 Å². The highest BCUT2D eigenvalue weighted by Gasteiger charge is 2.35. The van der Waals surface area contributed by atoms with Crippen LogP contribution in [0.4, 0.5) is 0 Å². The number of amides is 2. The maximum Gasteiger partial charge on any atom is 0.246 e. The molecule has 1 aromatic heterocycles. The van der Waals surface area contributed by atoms with E-state index in [2.05, 4.69) is 10.4 Å². The molecule has 136 valence electrons. The molecule has 1 aromatic rings. The van der Waals surface area contributed by atoms with Crippen LogP contribution in [0.1, 0.15) is 43.8 Å². The second-order valence-electron chi connectivity index (χ2n) is 7.51. The molecule has 1 unspecified atom stereocenters. The minimum atomic E-state index is -0.429. The van der Waals surface area contributed by atoms with E-state index in [4.69, 9.17) is 4.74 Å². The van der Waals surface area contributed by atoms with Crippen LogP contribution < -0.4 is 5.32 Å². The van der Waals surface area contributed by atoms with Crippen LogP contribution in [0.15, 0.2) is 12.3 Å². The van der Waals surface area contributed by atoms with Crippen LogP contribution in [0.2, 0.25) is 0 Å². The number of nitrogens with zero attached hydrogens (tertiary/aromatic N) is 3. The number of ether oxygens (including phenoxy) is 1. The summed E-state index contributed by atoms with van der Waals surface area (Å²) in [5.74, 6) is 1.16. The molecule has 0 radical (unpaired) electrons. The van der Waals surface area contributed by atoms with E-state index in [1.54, 1.807) is 10.9 Å². The number of fused-ring (bicyclic) bond motifs is 1. The summed E-state index contributed by atoms with van der Waals surface area (Å²) in [4.78, 5) is 27.1. The van der Waals surface area contributed by atoms with Gasteiger partial charge in [0.05, 0.1) is 18.8 Å². The van der Waals surface area contributed by atoms with Gasteiger partial charge in [-0.2, -0.15) is 5.10 Å². The van der Waals surface area contributed by atoms with Crippen molar-refractivity contribution in [2.24, 2.45) is 11.8 Å². The van der Waals surface area contributed by atoms with Crippen molar-refractivity contribution in [3.63, 3.8) is 0 Å². The van der Waals surface area contributed by atoms with Gasteiger partial charge in [-0.1, -0.05) is 0 Å². The van der Waals surface area contributed by atoms with Gasteiger partial charge in [-0.25, -0.2) is 0 Å². The zero-order valence-electron chi connectivity index (χ0n) is 14.5. The van der Waals surface area contributed by atoms with Crippen molar-refractivity contribution >= 4 is 11.8 Å². The normalized spacial score (nSPS) is 24.0. The fourth-order valence-electron chi connectivity index (χ4n) is 3.69. The Hall–Kier alpha value is -1.89. The smallest absolute Gasteiger partial charge is 0.246 e. The molecule has 1 N–H and O–H groups in total. The van der Waals surface area contributed by atoms with Crippen LogP contribution in [0.5, 0.6) is 0 Å². The molecule has 4 rings (SSSR count). The Morgan fingerprint density at radius 2 is 2.00 bits per heavy atom. The quantitative estimate of drug-likeness (QED) is 0.866. The molecule has 7 heteroatoms. The van der Waals surface area contributed by atoms with Gasteiger partial charge < -0.3 is 15.0 Å². The maximum absolute atomic E-state index is 12.8. The van der Waals surface area contributed by atoms with E-state index in [9.17, 15) is 9.59 Å². The average molecular weight is 346 g/mol. The monoisotopic (exact) mass is 346 g/mol. The summed E-state index contributed by atoms with van der Waals surface area (Å²) in [5, 5.41) is 7.39. The number of hydrogen-bond donors (Lipinski definition) is 1. The summed E-state index contributed by atoms with van der Waals surface area (Å²) in [6, 6.07) is 1.47. The molecular weight excluding hydrogens is 320 g/mol. The molecule has 0 aromatic carbocycles. The van der Waals surface area contributed by atoms with E-state index < -0.39 is 6.04 Å². The largest absolute Gasteiger partial charge is 0.381 e. The first-order valence-corrected chi connectivity index (χ1v) is 9.36. The molecule has 0 spiro atoms. The van der Waals surface area contributed by atoms with Gasteiger partial charge in [0.25, 0.3) is 0 Å². The van der Waals surface area contributed by atoms with Crippen molar-refractivity contribution in [2.45, 2.75) is 44.7 Å². The summed E-state index contributed by atoms with van der Waals surface area (Å²) in [7, 11) is 0. The van der Waals surface area contributed by atoms with Gasteiger partial charge in [0.1, 0.15) is 6.04 Å². The van der Waals surface area contributed by atoms with Crippen molar-refractivity contribution in [3.05, 3.63) is 18.0 Å². The minimum absolute atomic E-state index is 0.0413. The molecular formula is C18H26N4O3. The van der Waals surface area contributed by atoms with Crippen molar-refractivity contribution in [2.75, 3.05) is 26.3 Å². The lowest BCUT2D eigenvalue weighted by molar-refractivity contribution is -0.136. The SMILES string of the molecule is O=C(NCC1CCOCC1)C1CN(C(=O)CC2CC2)Cc2ccnn21. The highest BCUT2D eigenvalue weighted by molar-refractivity contribution is 5.83. The van der Waals surface area contributed by atoms with Gasteiger partial charge in [0.2, 0.25) is 11.8 Å². The predicted molar refractivity (Wildman–Crippen MR) is 90.6 cm³/mol. The molecule has 1 aliphatic carbocycles. The molecule has 1 saturated heterocycles. The van der Waals surface area contributed by atoms with E-state index in [0.29, 0.717) is 37.9 Å². The van der Waals surface area contributed by atoms with Crippen molar-refractivity contribution < 1.29 is 14.3 Å². The zero-order chi connectivity index (χ0) is 17.2. The Morgan fingerprint density at radius 3 is 2.76 bits per heavy atom. The highest BCUT2D eigenvalue weighted by Crippen LogP contribution is 2.33. The summed E-state index contributed by atoms with van der Waals surface area (Å²) < 4.78 is 7.14. The third kappa shape index (κ3) is 3.86. The van der Waals surface area contributed by atoms with Gasteiger partial charge in [-0.3, -0.25) is 14.3 Å². The number of rotatable bonds is 5. The average Bonchev–Trinajstić information content (AvgIpc) is 3.32. The topological polar surface area (TPSA) is 76.5 Å². The summed E-state index contributed by atoms with van der Waals surface area (Å²) in [6.07, 6.45) is 6.63. The fraction of sp³-hybridized carbons (Fsp3) is 0.722. The van der Waals surface area contributed by atoms with Crippen molar-refractivity contribution in [1.82, 2.24) is 20.0 Å². The van der Waals surface area contributed by atoms with Crippen molar-refractivity contribution in [3.8, 4) is 0 Å². The number of carbonyl (C=O) groups excluding carboxylic acids is 2. The third-order valence-electron chi connectivity index (χ3n) is 5.52. The number of carbonyl (C=O) groups is 2. The molecule has 0 bridgehead atoms. The highest BCUT2D eigenvalue weighted by atomic mass is 16.5. The molecule has 1 atom stereocenters. The third-order valence-corrected chi connectivity index (χ3v) is 5.52. The van der Waals surface area contributed by atoms with E-state index in [-0.39, 0.29) is 11.8 Å². The second-order valence-corrected chi connectivity index (χ2v) is 7.51. The molecule has 3 heterocycles. The van der Waals surface area contributed by atoms with Gasteiger partial charge in [0.15, 0.2) is 0 Å². The minimum Gasteiger partial charge on any atom is -0.381 e. The first kappa shape index (κ1) is 16.6. The van der Waals surface area contributed by atoms with Gasteiger partial charge >= 0.3 is 0 Å². The standard InChI is InChI=1S/C18H26N4O3/c23-17(9-13-1-2-13)21-11-15-3-6-20-22(15)16(12-21)18(24)19-10-14-4-7-25-8-5-14/h3,6,13-14,16H,1-2,4-5,7-12H2,(H,19,24). The van der Waals surface area contributed by atoms with E-state index in [1.807, 2.05) is 11.0 Å². The number of nitrogens with one attached hydrogen (secondary N) is 1. The van der Waals surface area contributed by atoms with Gasteiger partial charge in [-0.15, -0.1) is 0 Å². The molecule has 3 aliphatic rings. The molecule has 7 nitrogen and oxygen atoms in total.